The number of nitrogens with one attached hydrogen (secondary N) is 1. The van der Waals surface area contributed by atoms with Crippen LogP contribution >= 0.6 is 0 Å². The van der Waals surface area contributed by atoms with Crippen LogP contribution < -0.4 is 5.43 Å². The zero-order chi connectivity index (χ0) is 18.6. The van der Waals surface area contributed by atoms with Gasteiger partial charge in [0.05, 0.1) is 29.0 Å². The number of aromatic carboxylic acids is 1. The van der Waals surface area contributed by atoms with E-state index in [1.54, 1.807) is 29.2 Å². The molecule has 0 bridgehead atoms. The van der Waals surface area contributed by atoms with E-state index in [0.717, 1.165) is 16.6 Å². The highest BCUT2D eigenvalue weighted by Gasteiger charge is 2.10. The molecule has 0 saturated carbocycles. The maximum absolute atomic E-state index is 10.9. The molecule has 0 fully saturated rings. The quantitative estimate of drug-likeness (QED) is 0.420. The van der Waals surface area contributed by atoms with Crippen LogP contribution in [-0.4, -0.2) is 37.0 Å². The van der Waals surface area contributed by atoms with Crippen molar-refractivity contribution in [1.29, 1.82) is 0 Å². The lowest BCUT2D eigenvalue weighted by molar-refractivity contribution is 0.0697. The lowest BCUT2D eigenvalue weighted by Crippen LogP contribution is -1.99. The van der Waals surface area contributed by atoms with E-state index >= 15 is 0 Å². The van der Waals surface area contributed by atoms with Crippen LogP contribution in [0.2, 0.25) is 0 Å². The minimum atomic E-state index is -0.963. The van der Waals surface area contributed by atoms with Gasteiger partial charge in [-0.1, -0.05) is 30.3 Å². The van der Waals surface area contributed by atoms with Crippen LogP contribution in [0.5, 0.6) is 0 Å². The second-order valence-electron chi connectivity index (χ2n) is 5.65. The van der Waals surface area contributed by atoms with E-state index in [0.29, 0.717) is 11.5 Å². The van der Waals surface area contributed by atoms with E-state index in [1.165, 1.54) is 18.5 Å². The highest BCUT2D eigenvalue weighted by Crippen LogP contribution is 2.21. The van der Waals surface area contributed by atoms with Gasteiger partial charge in [0, 0.05) is 0 Å². The fourth-order valence-corrected chi connectivity index (χ4v) is 2.57. The van der Waals surface area contributed by atoms with Gasteiger partial charge in [-0.3, -0.25) is 5.43 Å². The van der Waals surface area contributed by atoms with Gasteiger partial charge in [0.25, 0.3) is 0 Å². The molecule has 2 aromatic heterocycles. The molecule has 8 nitrogen and oxygen atoms in total. The Morgan fingerprint density at radius 3 is 2.59 bits per heavy atom. The number of nitrogens with zero attached hydrogens (tertiary/aromatic N) is 5. The molecule has 2 N–H and O–H groups in total. The van der Waals surface area contributed by atoms with Crippen molar-refractivity contribution in [3.63, 3.8) is 0 Å². The summed E-state index contributed by atoms with van der Waals surface area (Å²) in [6.45, 7) is 0. The Bertz CT molecular complexity index is 1120. The maximum atomic E-state index is 10.9. The first kappa shape index (κ1) is 16.4. The van der Waals surface area contributed by atoms with Crippen molar-refractivity contribution in [2.24, 2.45) is 5.10 Å². The van der Waals surface area contributed by atoms with Crippen molar-refractivity contribution in [3.05, 3.63) is 78.2 Å². The molecule has 4 rings (SSSR count). The normalized spacial score (nSPS) is 11.1. The maximum Gasteiger partial charge on any atom is 0.335 e. The number of carbonyl (C=O) groups is 1. The first-order valence-electron chi connectivity index (χ1n) is 8.09. The highest BCUT2D eigenvalue weighted by molar-refractivity contribution is 5.90. The minimum absolute atomic E-state index is 0.228. The molecule has 0 amide bonds. The van der Waals surface area contributed by atoms with Gasteiger partial charge in [-0.15, -0.1) is 0 Å². The van der Waals surface area contributed by atoms with Gasteiger partial charge in [0.15, 0.2) is 11.5 Å². The van der Waals surface area contributed by atoms with Gasteiger partial charge in [-0.2, -0.15) is 10.2 Å². The van der Waals surface area contributed by atoms with Gasteiger partial charge < -0.3 is 5.11 Å². The predicted octanol–water partition coefficient (Wildman–Crippen LogP) is 2.96. The summed E-state index contributed by atoms with van der Waals surface area (Å²) >= 11 is 0. The minimum Gasteiger partial charge on any atom is -0.478 e. The Kier molecular flexibility index (Phi) is 4.28. The number of rotatable bonds is 5. The number of hydrazone groups is 1. The number of carboxylic acids is 1. The summed E-state index contributed by atoms with van der Waals surface area (Å²) in [7, 11) is 0. The number of aromatic nitrogens is 4. The van der Waals surface area contributed by atoms with E-state index in [-0.39, 0.29) is 5.56 Å². The zero-order valence-electron chi connectivity index (χ0n) is 14.0. The molecule has 0 unspecified atom stereocenters. The summed E-state index contributed by atoms with van der Waals surface area (Å²) in [4.78, 5) is 19.4. The molecule has 2 aromatic carbocycles. The highest BCUT2D eigenvalue weighted by atomic mass is 16.4. The summed E-state index contributed by atoms with van der Waals surface area (Å²) < 4.78 is 1.73. The number of hydrogen-bond acceptors (Lipinski definition) is 6. The van der Waals surface area contributed by atoms with Crippen LogP contribution in [0.3, 0.4) is 0 Å². The van der Waals surface area contributed by atoms with Crippen LogP contribution in [0.4, 0.5) is 5.82 Å². The first-order chi connectivity index (χ1) is 13.2. The van der Waals surface area contributed by atoms with Gasteiger partial charge in [-0.05, 0) is 29.8 Å². The Labute approximate surface area is 153 Å². The second-order valence-corrected chi connectivity index (χ2v) is 5.65. The average Bonchev–Trinajstić information content (AvgIpc) is 3.14. The Morgan fingerprint density at radius 1 is 1.07 bits per heavy atom. The third-order valence-corrected chi connectivity index (χ3v) is 3.91. The molecule has 8 heteroatoms. The van der Waals surface area contributed by atoms with Crippen molar-refractivity contribution in [2.75, 3.05) is 5.43 Å². The Balaban J connectivity index is 1.57. The number of fused-ring (bicyclic) bond motifs is 1. The average molecular weight is 358 g/mol. The molecule has 0 spiro atoms. The molecular weight excluding hydrogens is 344 g/mol. The van der Waals surface area contributed by atoms with Crippen LogP contribution in [0.25, 0.3) is 16.7 Å². The van der Waals surface area contributed by atoms with Crippen molar-refractivity contribution < 1.29 is 9.90 Å². The van der Waals surface area contributed by atoms with Crippen LogP contribution in [-0.2, 0) is 0 Å². The zero-order valence-corrected chi connectivity index (χ0v) is 14.0. The fraction of sp³-hybridized carbons (Fsp3) is 0. The summed E-state index contributed by atoms with van der Waals surface area (Å²) in [5.41, 5.74) is 5.44. The van der Waals surface area contributed by atoms with E-state index in [4.69, 9.17) is 5.11 Å². The van der Waals surface area contributed by atoms with Crippen LogP contribution in [0.1, 0.15) is 15.9 Å². The standard InChI is InChI=1S/C19H14N6O2/c26-19(27)14-8-6-13(7-9-14)10-22-24-17-16-11-23-25(18(16)21-12-20-17)15-4-2-1-3-5-15/h1-12H,(H,26,27)(H,20,21,24). The van der Waals surface area contributed by atoms with E-state index in [1.807, 2.05) is 30.3 Å². The number of carboxylic acid groups (broad SMARTS) is 1. The fourth-order valence-electron chi connectivity index (χ4n) is 2.57. The van der Waals surface area contributed by atoms with E-state index < -0.39 is 5.97 Å². The molecule has 0 aliphatic rings. The summed E-state index contributed by atoms with van der Waals surface area (Å²) in [6.07, 6.45) is 4.71. The van der Waals surface area contributed by atoms with Crippen molar-refractivity contribution in [3.8, 4) is 5.69 Å². The third kappa shape index (κ3) is 3.36. The van der Waals surface area contributed by atoms with Gasteiger partial charge >= 0.3 is 5.97 Å². The molecule has 0 aliphatic carbocycles. The van der Waals surface area contributed by atoms with E-state index in [2.05, 4.69) is 25.6 Å². The second kappa shape index (κ2) is 7.04. The van der Waals surface area contributed by atoms with Crippen molar-refractivity contribution >= 4 is 29.0 Å². The van der Waals surface area contributed by atoms with Crippen molar-refractivity contribution in [1.82, 2.24) is 19.7 Å². The molecule has 27 heavy (non-hydrogen) atoms. The Hall–Kier alpha value is -4.07. The summed E-state index contributed by atoms with van der Waals surface area (Å²) in [6, 6.07) is 16.1. The molecular formula is C19H14N6O2. The monoisotopic (exact) mass is 358 g/mol. The predicted molar refractivity (Wildman–Crippen MR) is 101 cm³/mol. The summed E-state index contributed by atoms with van der Waals surface area (Å²) in [5.74, 6) is -0.434. The van der Waals surface area contributed by atoms with Crippen molar-refractivity contribution in [2.45, 2.75) is 0 Å². The largest absolute Gasteiger partial charge is 0.478 e. The SMILES string of the molecule is O=C(O)c1ccc(C=NNc2ncnc3c2cnn3-c2ccccc2)cc1. The van der Waals surface area contributed by atoms with Crippen LogP contribution in [0, 0.1) is 0 Å². The molecule has 0 atom stereocenters. The molecule has 0 aliphatic heterocycles. The molecule has 0 saturated heterocycles. The number of para-hydroxylation sites is 1. The third-order valence-electron chi connectivity index (χ3n) is 3.91. The topological polar surface area (TPSA) is 105 Å². The molecule has 0 radical (unpaired) electrons. The molecule has 132 valence electrons. The van der Waals surface area contributed by atoms with Gasteiger partial charge in [0.1, 0.15) is 6.33 Å². The number of anilines is 1. The number of hydrogen-bond donors (Lipinski definition) is 2. The van der Waals surface area contributed by atoms with Gasteiger partial charge in [0.2, 0.25) is 0 Å². The molecule has 4 aromatic rings. The molecule has 2 heterocycles. The van der Waals surface area contributed by atoms with Crippen LogP contribution in [0.15, 0.2) is 72.2 Å². The Morgan fingerprint density at radius 2 is 1.85 bits per heavy atom. The first-order valence-corrected chi connectivity index (χ1v) is 8.09. The number of benzene rings is 2. The smallest absolute Gasteiger partial charge is 0.335 e. The van der Waals surface area contributed by atoms with Gasteiger partial charge in [-0.25, -0.2) is 19.4 Å². The van der Waals surface area contributed by atoms with E-state index in [9.17, 15) is 4.79 Å². The summed E-state index contributed by atoms with van der Waals surface area (Å²) in [5, 5.41) is 18.2. The lowest BCUT2D eigenvalue weighted by Gasteiger charge is -2.03. The lowest BCUT2D eigenvalue weighted by atomic mass is 10.1.